The van der Waals surface area contributed by atoms with Gasteiger partial charge in [0.05, 0.1) is 0 Å². The van der Waals surface area contributed by atoms with E-state index in [4.69, 9.17) is 19.4 Å². The zero-order valence-corrected chi connectivity index (χ0v) is 32.7. The number of hydrogen-bond acceptors (Lipinski definition) is 5. The summed E-state index contributed by atoms with van der Waals surface area (Å²) in [5, 5.41) is 9.59. The highest BCUT2D eigenvalue weighted by atomic mass is 32.1. The summed E-state index contributed by atoms with van der Waals surface area (Å²) in [5.74, 6) is 1.91. The van der Waals surface area contributed by atoms with Crippen molar-refractivity contribution in [2.24, 2.45) is 0 Å². The minimum Gasteiger partial charge on any atom is -0.456 e. The van der Waals surface area contributed by atoms with Crippen molar-refractivity contribution >= 4 is 75.7 Å². The molecule has 0 radical (unpaired) electrons. The Bertz CT molecular complexity index is 3550. The number of rotatable bonds is 5. The summed E-state index contributed by atoms with van der Waals surface area (Å²) < 4.78 is 9.04. The van der Waals surface area contributed by atoms with Crippen molar-refractivity contribution in [3.8, 4) is 45.3 Å². The van der Waals surface area contributed by atoms with Crippen LogP contribution in [0.15, 0.2) is 174 Å². The first-order valence-corrected chi connectivity index (χ1v) is 20.4. The molecule has 0 aliphatic carbocycles. The number of furan rings is 1. The van der Waals surface area contributed by atoms with Gasteiger partial charge >= 0.3 is 0 Å². The maximum Gasteiger partial charge on any atom is 0.164 e. The molecule has 0 atom stereocenters. The highest BCUT2D eigenvalue weighted by molar-refractivity contribution is 7.25. The molecule has 11 rings (SSSR count). The number of hydrogen-bond donors (Lipinski definition) is 0. The molecule has 3 heterocycles. The minimum atomic E-state index is 0.624. The largest absolute Gasteiger partial charge is 0.456 e. The summed E-state index contributed by atoms with van der Waals surface area (Å²) in [6.45, 7) is 4.22. The van der Waals surface area contributed by atoms with Crippen molar-refractivity contribution in [1.82, 2.24) is 15.0 Å². The van der Waals surface area contributed by atoms with Gasteiger partial charge in [-0.3, -0.25) is 0 Å². The second-order valence-electron chi connectivity index (χ2n) is 14.7. The Morgan fingerprint density at radius 1 is 0.483 bits per heavy atom. The van der Waals surface area contributed by atoms with Crippen LogP contribution in [0.3, 0.4) is 0 Å². The lowest BCUT2D eigenvalue weighted by Crippen LogP contribution is -2.22. The molecule has 0 saturated heterocycles. The van der Waals surface area contributed by atoms with Gasteiger partial charge in [-0.15, -0.1) is 11.3 Å². The minimum absolute atomic E-state index is 0.624. The maximum atomic E-state index is 6.53. The highest BCUT2D eigenvalue weighted by Gasteiger charge is 2.16. The van der Waals surface area contributed by atoms with E-state index in [0.717, 1.165) is 55.0 Å². The topological polar surface area (TPSA) is 51.8 Å². The van der Waals surface area contributed by atoms with Crippen LogP contribution in [-0.2, 0) is 0 Å². The number of fused-ring (bicyclic) bond motifs is 7. The van der Waals surface area contributed by atoms with Crippen molar-refractivity contribution in [2.75, 3.05) is 0 Å². The maximum absolute atomic E-state index is 6.53. The lowest BCUT2D eigenvalue weighted by atomic mass is 9.92. The molecule has 0 amide bonds. The fourth-order valence-corrected chi connectivity index (χ4v) is 9.51. The summed E-state index contributed by atoms with van der Waals surface area (Å²) >= 11 is 1.81. The summed E-state index contributed by atoms with van der Waals surface area (Å²) in [7, 11) is 0. The quantitative estimate of drug-likeness (QED) is 0.164. The van der Waals surface area contributed by atoms with Crippen molar-refractivity contribution < 1.29 is 4.42 Å². The van der Waals surface area contributed by atoms with E-state index < -0.39 is 0 Å². The third-order valence-electron chi connectivity index (χ3n) is 11.3. The van der Waals surface area contributed by atoms with Crippen molar-refractivity contribution in [3.05, 3.63) is 186 Å². The molecular formula is C53H35N3OS. The lowest BCUT2D eigenvalue weighted by Gasteiger charge is -2.11. The van der Waals surface area contributed by atoms with Crippen LogP contribution in [0.5, 0.6) is 0 Å². The van der Waals surface area contributed by atoms with E-state index in [2.05, 4.69) is 165 Å². The van der Waals surface area contributed by atoms with Gasteiger partial charge in [-0.05, 0) is 112 Å². The molecule has 5 heteroatoms. The summed E-state index contributed by atoms with van der Waals surface area (Å²) in [6.07, 6.45) is 2.06. The second kappa shape index (κ2) is 13.8. The number of nitrogens with zero attached hydrogens (tertiary/aromatic N) is 3. The number of benzene rings is 8. The van der Waals surface area contributed by atoms with Gasteiger partial charge in [0.1, 0.15) is 11.0 Å². The van der Waals surface area contributed by atoms with E-state index >= 15 is 0 Å². The molecule has 58 heavy (non-hydrogen) atoms. The van der Waals surface area contributed by atoms with Crippen LogP contribution in [0.4, 0.5) is 0 Å². The van der Waals surface area contributed by atoms with E-state index in [-0.39, 0.29) is 0 Å². The molecule has 8 aromatic carbocycles. The van der Waals surface area contributed by atoms with Crippen LogP contribution < -0.4 is 10.6 Å². The van der Waals surface area contributed by atoms with Crippen LogP contribution in [0, 0.1) is 0 Å². The smallest absolute Gasteiger partial charge is 0.164 e. The fourth-order valence-electron chi connectivity index (χ4n) is 8.42. The molecule has 0 saturated carbocycles. The van der Waals surface area contributed by atoms with Crippen LogP contribution in [0.1, 0.15) is 19.4 Å². The molecule has 0 bridgehead atoms. The van der Waals surface area contributed by atoms with Gasteiger partial charge in [0.25, 0.3) is 0 Å². The predicted octanol–water partition coefficient (Wildman–Crippen LogP) is 13.0. The Labute approximate surface area is 338 Å². The van der Waals surface area contributed by atoms with Crippen LogP contribution in [0.25, 0.3) is 110 Å². The van der Waals surface area contributed by atoms with Crippen LogP contribution in [0.2, 0.25) is 0 Å². The third-order valence-corrected chi connectivity index (χ3v) is 12.4. The van der Waals surface area contributed by atoms with Gasteiger partial charge in [-0.2, -0.15) is 0 Å². The molecule has 0 aliphatic heterocycles. The summed E-state index contributed by atoms with van der Waals surface area (Å²) in [6, 6.07) is 60.0. The SMILES string of the molecule is C/C=c1/oc2ccc(-c3cc4ccccc4c4ccccc34)cc2/c1=C(/C)c1cccc(-c2nc(-c3ccccc3)nc(-c3ccc4sc5ccccc5c4c3)n2)c1. The average molecular weight is 762 g/mol. The molecule has 274 valence electrons. The standard InChI is InChI=1S/C53H35N3OS/c1-3-46-50(45-30-36(24-26-47(45)57-46)43-29-35-16-7-8-19-39(35)40-20-9-10-21-41(40)43)32(2)34-17-13-18-37(28-34)52-54-51(33-14-5-4-6-15-33)55-53(56-52)38-25-27-49-44(31-38)42-22-11-12-23-48(42)58-49/h3-31H,1-2H3/b46-3+,50-32+. The van der Waals surface area contributed by atoms with Crippen molar-refractivity contribution in [3.63, 3.8) is 0 Å². The Morgan fingerprint density at radius 3 is 1.91 bits per heavy atom. The Balaban J connectivity index is 1.07. The molecule has 0 fully saturated rings. The van der Waals surface area contributed by atoms with Gasteiger partial charge in [-0.1, -0.05) is 121 Å². The van der Waals surface area contributed by atoms with E-state index in [9.17, 15) is 0 Å². The molecule has 3 aromatic heterocycles. The van der Waals surface area contributed by atoms with Crippen LogP contribution in [-0.4, -0.2) is 15.0 Å². The van der Waals surface area contributed by atoms with Crippen molar-refractivity contribution in [1.29, 1.82) is 0 Å². The second-order valence-corrected chi connectivity index (χ2v) is 15.8. The van der Waals surface area contributed by atoms with E-state index in [1.165, 1.54) is 47.3 Å². The zero-order valence-electron chi connectivity index (χ0n) is 31.9. The monoisotopic (exact) mass is 761 g/mol. The van der Waals surface area contributed by atoms with Crippen LogP contribution >= 0.6 is 11.3 Å². The molecule has 0 unspecified atom stereocenters. The van der Waals surface area contributed by atoms with E-state index in [1.807, 2.05) is 36.5 Å². The number of thiophene rings is 1. The summed E-state index contributed by atoms with van der Waals surface area (Å²) in [4.78, 5) is 15.3. The Morgan fingerprint density at radius 2 is 1.10 bits per heavy atom. The first-order chi connectivity index (χ1) is 28.6. The fraction of sp³-hybridized carbons (Fsp3) is 0.0377. The van der Waals surface area contributed by atoms with E-state index in [0.29, 0.717) is 17.5 Å². The molecule has 4 nitrogen and oxygen atoms in total. The predicted molar refractivity (Wildman–Crippen MR) is 243 cm³/mol. The molecule has 0 N–H and O–H groups in total. The van der Waals surface area contributed by atoms with Gasteiger partial charge in [-0.25, -0.2) is 15.0 Å². The van der Waals surface area contributed by atoms with Gasteiger partial charge in [0.2, 0.25) is 0 Å². The van der Waals surface area contributed by atoms with Gasteiger partial charge < -0.3 is 4.42 Å². The molecule has 0 aliphatic rings. The average Bonchev–Trinajstić information content (AvgIpc) is 3.86. The summed E-state index contributed by atoms with van der Waals surface area (Å²) in [5.41, 5.74) is 9.06. The van der Waals surface area contributed by atoms with E-state index in [1.54, 1.807) is 0 Å². The third kappa shape index (κ3) is 5.70. The molecule has 0 spiro atoms. The molecule has 11 aromatic rings. The van der Waals surface area contributed by atoms with Gasteiger partial charge in [0, 0.05) is 47.5 Å². The Hall–Kier alpha value is -7.21. The number of aromatic nitrogens is 3. The zero-order chi connectivity index (χ0) is 38.7. The van der Waals surface area contributed by atoms with Gasteiger partial charge in [0.15, 0.2) is 17.5 Å². The molecular weight excluding hydrogens is 727 g/mol. The normalized spacial score (nSPS) is 12.7. The van der Waals surface area contributed by atoms with Crippen molar-refractivity contribution in [2.45, 2.75) is 13.8 Å². The first kappa shape index (κ1) is 34.1. The first-order valence-electron chi connectivity index (χ1n) is 19.5. The Kier molecular flexibility index (Phi) is 8.09. The lowest BCUT2D eigenvalue weighted by molar-refractivity contribution is 0.574. The highest BCUT2D eigenvalue weighted by Crippen LogP contribution is 2.38.